The Kier molecular flexibility index (Phi) is 6.41. The predicted octanol–water partition coefficient (Wildman–Crippen LogP) is 0.140. The highest BCUT2D eigenvalue weighted by atomic mass is 16.5. The predicted molar refractivity (Wildman–Crippen MR) is 93.5 cm³/mol. The first-order chi connectivity index (χ1) is 12.2. The first-order valence-corrected chi connectivity index (χ1v) is 9.11. The highest BCUT2D eigenvalue weighted by molar-refractivity contribution is 5.74. The third kappa shape index (κ3) is 5.02. The molecule has 0 bridgehead atoms. The normalized spacial score (nSPS) is 21.9. The van der Waals surface area contributed by atoms with Crippen LogP contribution in [-0.2, 0) is 11.3 Å². The Bertz CT molecular complexity index is 614. The van der Waals surface area contributed by atoms with Crippen molar-refractivity contribution in [2.75, 3.05) is 45.9 Å². The van der Waals surface area contributed by atoms with Crippen molar-refractivity contribution in [3.05, 3.63) is 28.7 Å². The van der Waals surface area contributed by atoms with Gasteiger partial charge in [-0.25, -0.2) is 9.48 Å². The maximum Gasteiger partial charge on any atom is 0.317 e. The maximum atomic E-state index is 12.3. The zero-order valence-electron chi connectivity index (χ0n) is 14.6. The minimum absolute atomic E-state index is 0.00484. The summed E-state index contributed by atoms with van der Waals surface area (Å²) in [4.78, 5) is 28.2. The number of carbonyl (C=O) groups excluding carboxylic acids is 1. The van der Waals surface area contributed by atoms with Crippen LogP contribution in [0.2, 0.25) is 0 Å². The molecule has 0 saturated carbocycles. The summed E-state index contributed by atoms with van der Waals surface area (Å²) >= 11 is 0. The lowest BCUT2D eigenvalue weighted by molar-refractivity contribution is 0.0521. The summed E-state index contributed by atoms with van der Waals surface area (Å²) in [5, 5.41) is 7.18. The summed E-state index contributed by atoms with van der Waals surface area (Å²) in [6.07, 6.45) is 5.04. The number of amides is 2. The molecule has 0 spiro atoms. The molecule has 1 aromatic rings. The van der Waals surface area contributed by atoms with Crippen molar-refractivity contribution in [1.29, 1.82) is 0 Å². The maximum absolute atomic E-state index is 12.3. The summed E-state index contributed by atoms with van der Waals surface area (Å²) in [6.45, 7) is 5.53. The average molecular weight is 349 g/mol. The molecule has 1 aromatic heterocycles. The molecular weight excluding hydrogens is 322 g/mol. The number of ether oxygens (including phenoxy) is 1. The molecule has 2 fully saturated rings. The summed E-state index contributed by atoms with van der Waals surface area (Å²) in [7, 11) is 0. The summed E-state index contributed by atoms with van der Waals surface area (Å²) in [6, 6.07) is 3.50. The fraction of sp³-hybridized carbons (Fsp3) is 0.706. The quantitative estimate of drug-likeness (QED) is 0.818. The van der Waals surface area contributed by atoms with Gasteiger partial charge in [-0.3, -0.25) is 9.69 Å². The van der Waals surface area contributed by atoms with Crippen molar-refractivity contribution in [2.24, 2.45) is 0 Å². The minimum atomic E-state index is -0.0725. The van der Waals surface area contributed by atoms with Crippen molar-refractivity contribution in [2.45, 2.75) is 31.8 Å². The van der Waals surface area contributed by atoms with E-state index in [-0.39, 0.29) is 11.6 Å². The zero-order valence-corrected chi connectivity index (χ0v) is 14.6. The van der Waals surface area contributed by atoms with Gasteiger partial charge in [-0.2, -0.15) is 5.10 Å². The molecule has 138 valence electrons. The van der Waals surface area contributed by atoms with Gasteiger partial charge in [0.2, 0.25) is 0 Å². The first-order valence-electron chi connectivity index (χ1n) is 9.11. The van der Waals surface area contributed by atoms with Crippen LogP contribution in [0.15, 0.2) is 23.1 Å². The number of rotatable bonds is 5. The molecule has 8 nitrogen and oxygen atoms in total. The molecule has 25 heavy (non-hydrogen) atoms. The Morgan fingerprint density at radius 2 is 2.08 bits per heavy atom. The van der Waals surface area contributed by atoms with Crippen molar-refractivity contribution in [1.82, 2.24) is 24.9 Å². The Labute approximate surface area is 147 Å². The Morgan fingerprint density at radius 3 is 2.88 bits per heavy atom. The Balaban J connectivity index is 1.49. The number of aromatic nitrogens is 2. The van der Waals surface area contributed by atoms with Gasteiger partial charge in [-0.1, -0.05) is 6.42 Å². The molecule has 8 heteroatoms. The second kappa shape index (κ2) is 8.96. The van der Waals surface area contributed by atoms with E-state index >= 15 is 0 Å². The van der Waals surface area contributed by atoms with Crippen molar-refractivity contribution >= 4 is 6.03 Å². The van der Waals surface area contributed by atoms with E-state index in [1.165, 1.54) is 17.2 Å². The van der Waals surface area contributed by atoms with E-state index in [4.69, 9.17) is 4.74 Å². The van der Waals surface area contributed by atoms with Gasteiger partial charge in [0.25, 0.3) is 5.56 Å². The number of nitrogens with one attached hydrogen (secondary N) is 1. The van der Waals surface area contributed by atoms with Crippen LogP contribution in [0, 0.1) is 0 Å². The van der Waals surface area contributed by atoms with E-state index in [0.717, 1.165) is 25.9 Å². The number of carbonyl (C=O) groups is 1. The minimum Gasteiger partial charge on any atom is -0.378 e. The average Bonchev–Trinajstić information content (AvgIpc) is 2.67. The number of nitrogens with zero attached hydrogens (tertiary/aromatic N) is 4. The van der Waals surface area contributed by atoms with Crippen LogP contribution >= 0.6 is 0 Å². The molecule has 0 aromatic carbocycles. The smallest absolute Gasteiger partial charge is 0.317 e. The molecule has 2 amide bonds. The molecule has 3 rings (SSSR count). The number of likely N-dealkylation sites (tertiary alicyclic amines) is 1. The van der Waals surface area contributed by atoms with E-state index in [0.29, 0.717) is 45.4 Å². The molecule has 1 N–H and O–H groups in total. The third-order valence-electron chi connectivity index (χ3n) is 4.92. The van der Waals surface area contributed by atoms with Crippen LogP contribution in [0.4, 0.5) is 4.79 Å². The molecule has 0 aliphatic carbocycles. The van der Waals surface area contributed by atoms with E-state index < -0.39 is 0 Å². The number of piperidine rings is 1. The second-order valence-electron chi connectivity index (χ2n) is 6.56. The summed E-state index contributed by atoms with van der Waals surface area (Å²) in [5.74, 6) is 0. The molecule has 2 aliphatic rings. The molecular formula is C17H27N5O3. The first kappa shape index (κ1) is 17.9. The molecule has 1 unspecified atom stereocenters. The van der Waals surface area contributed by atoms with Crippen LogP contribution in [0.3, 0.4) is 0 Å². The van der Waals surface area contributed by atoms with E-state index in [9.17, 15) is 9.59 Å². The molecule has 2 aliphatic heterocycles. The largest absolute Gasteiger partial charge is 0.378 e. The van der Waals surface area contributed by atoms with Gasteiger partial charge in [-0.05, 0) is 25.5 Å². The Morgan fingerprint density at radius 1 is 1.24 bits per heavy atom. The lowest BCUT2D eigenvalue weighted by Crippen LogP contribution is -2.52. The summed E-state index contributed by atoms with van der Waals surface area (Å²) < 4.78 is 6.78. The molecule has 3 heterocycles. The van der Waals surface area contributed by atoms with Crippen LogP contribution in [-0.4, -0.2) is 77.6 Å². The number of urea groups is 1. The molecule has 2 saturated heterocycles. The highest BCUT2D eigenvalue weighted by Gasteiger charge is 2.24. The van der Waals surface area contributed by atoms with Gasteiger partial charge in [0.15, 0.2) is 0 Å². The number of hydrogen-bond donors (Lipinski definition) is 1. The summed E-state index contributed by atoms with van der Waals surface area (Å²) in [5.41, 5.74) is -0.0725. The monoisotopic (exact) mass is 349 g/mol. The SMILES string of the molecule is O=C(NCC1CCCCN1CCn1ncccc1=O)N1CCOCC1. The second-order valence-corrected chi connectivity index (χ2v) is 6.56. The van der Waals surface area contributed by atoms with Gasteiger partial charge in [0.05, 0.1) is 19.8 Å². The van der Waals surface area contributed by atoms with Gasteiger partial charge >= 0.3 is 6.03 Å². The van der Waals surface area contributed by atoms with Crippen LogP contribution in [0.5, 0.6) is 0 Å². The van der Waals surface area contributed by atoms with Gasteiger partial charge in [0.1, 0.15) is 0 Å². The lowest BCUT2D eigenvalue weighted by Gasteiger charge is -2.36. The van der Waals surface area contributed by atoms with Crippen molar-refractivity contribution in [3.63, 3.8) is 0 Å². The molecule has 0 radical (unpaired) electrons. The number of morpholine rings is 1. The third-order valence-corrected chi connectivity index (χ3v) is 4.92. The topological polar surface area (TPSA) is 79.7 Å². The Hall–Kier alpha value is -1.93. The zero-order chi connectivity index (χ0) is 17.5. The standard InChI is InChI=1S/C17H27N5O3/c23-16-5-3-6-19-22(16)9-8-20-7-2-1-4-15(20)14-18-17(24)21-10-12-25-13-11-21/h3,5-6,15H,1-2,4,7-14H2,(H,18,24). The van der Waals surface area contributed by atoms with E-state index in [2.05, 4.69) is 15.3 Å². The van der Waals surface area contributed by atoms with Crippen LogP contribution in [0.25, 0.3) is 0 Å². The van der Waals surface area contributed by atoms with Crippen molar-refractivity contribution in [3.8, 4) is 0 Å². The van der Waals surface area contributed by atoms with E-state index in [1.54, 1.807) is 12.3 Å². The fourth-order valence-corrected chi connectivity index (χ4v) is 3.45. The highest BCUT2D eigenvalue weighted by Crippen LogP contribution is 2.16. The lowest BCUT2D eigenvalue weighted by atomic mass is 10.0. The van der Waals surface area contributed by atoms with Crippen molar-refractivity contribution < 1.29 is 9.53 Å². The van der Waals surface area contributed by atoms with Crippen LogP contribution in [0.1, 0.15) is 19.3 Å². The van der Waals surface area contributed by atoms with Gasteiger partial charge < -0.3 is 15.0 Å². The van der Waals surface area contributed by atoms with Gasteiger partial charge in [-0.15, -0.1) is 0 Å². The number of hydrogen-bond acceptors (Lipinski definition) is 5. The van der Waals surface area contributed by atoms with E-state index in [1.807, 2.05) is 4.90 Å². The van der Waals surface area contributed by atoms with Crippen LogP contribution < -0.4 is 10.9 Å². The molecule has 1 atom stereocenters. The fourth-order valence-electron chi connectivity index (χ4n) is 3.45. The van der Waals surface area contributed by atoms with Gasteiger partial charge in [0, 0.05) is 44.5 Å².